The smallest absolute Gasteiger partial charge is 0.418 e. The summed E-state index contributed by atoms with van der Waals surface area (Å²) in [6, 6.07) is 10.2. The largest absolute Gasteiger partial charge is 0.461 e. The lowest BCUT2D eigenvalue weighted by Crippen LogP contribution is -2.17. The number of benzene rings is 2. The molecule has 0 saturated heterocycles. The molecule has 3 rings (SSSR count). The number of esters is 1. The first-order valence-electron chi connectivity index (χ1n) is 9.94. The third kappa shape index (κ3) is 6.32. The summed E-state index contributed by atoms with van der Waals surface area (Å²) in [5.74, 6) is -1.36. The molecule has 184 valence electrons. The SMILES string of the molecule is CCOC(=O)C(N)=CC(=Nc1ccccc1C(F)(F)F)c1nc(-c2cccc(S(C)(=O)=O)c2)no1. The van der Waals surface area contributed by atoms with Gasteiger partial charge >= 0.3 is 12.1 Å². The van der Waals surface area contributed by atoms with Crippen molar-refractivity contribution in [2.45, 2.75) is 18.0 Å². The van der Waals surface area contributed by atoms with E-state index < -0.39 is 38.9 Å². The Kier molecular flexibility index (Phi) is 7.39. The van der Waals surface area contributed by atoms with Crippen molar-refractivity contribution in [3.05, 3.63) is 71.8 Å². The number of halogens is 3. The zero-order valence-corrected chi connectivity index (χ0v) is 19.2. The van der Waals surface area contributed by atoms with Crippen LogP contribution < -0.4 is 5.73 Å². The van der Waals surface area contributed by atoms with Gasteiger partial charge in [-0.3, -0.25) is 0 Å². The van der Waals surface area contributed by atoms with Gasteiger partial charge in [0.1, 0.15) is 11.4 Å². The van der Waals surface area contributed by atoms with Gasteiger partial charge < -0.3 is 15.0 Å². The number of aromatic nitrogens is 2. The number of rotatable bonds is 7. The molecule has 0 bridgehead atoms. The number of aliphatic imine (C=N–C) groups is 1. The molecule has 0 fully saturated rings. The Hall–Kier alpha value is -4.00. The van der Waals surface area contributed by atoms with Gasteiger partial charge in [0.25, 0.3) is 5.89 Å². The summed E-state index contributed by atoms with van der Waals surface area (Å²) in [5.41, 5.74) is 3.66. The fraction of sp³-hybridized carbons (Fsp3) is 0.182. The molecule has 2 aromatic carbocycles. The Labute approximate surface area is 198 Å². The molecule has 0 aliphatic carbocycles. The molecule has 0 radical (unpaired) electrons. The summed E-state index contributed by atoms with van der Waals surface area (Å²) in [4.78, 5) is 20.1. The minimum absolute atomic E-state index is 0.000737. The Balaban J connectivity index is 2.14. The lowest BCUT2D eigenvalue weighted by atomic mass is 10.1. The zero-order chi connectivity index (χ0) is 25.8. The number of sulfone groups is 1. The lowest BCUT2D eigenvalue weighted by Gasteiger charge is -2.10. The van der Waals surface area contributed by atoms with Crippen molar-refractivity contribution in [2.75, 3.05) is 12.9 Å². The molecule has 1 heterocycles. The van der Waals surface area contributed by atoms with Crippen molar-refractivity contribution < 1.29 is 35.6 Å². The average Bonchev–Trinajstić information content (AvgIpc) is 3.28. The van der Waals surface area contributed by atoms with Crippen LogP contribution in [0.25, 0.3) is 11.4 Å². The van der Waals surface area contributed by atoms with Crippen LogP contribution in [-0.4, -0.2) is 43.1 Å². The average molecular weight is 508 g/mol. The van der Waals surface area contributed by atoms with Gasteiger partial charge in [0, 0.05) is 11.8 Å². The zero-order valence-electron chi connectivity index (χ0n) is 18.4. The number of carbonyl (C=O) groups is 1. The van der Waals surface area contributed by atoms with E-state index >= 15 is 0 Å². The van der Waals surface area contributed by atoms with Crippen LogP contribution in [0.3, 0.4) is 0 Å². The van der Waals surface area contributed by atoms with Crippen molar-refractivity contribution >= 4 is 27.2 Å². The van der Waals surface area contributed by atoms with Crippen molar-refractivity contribution in [1.82, 2.24) is 10.1 Å². The number of hydrogen-bond acceptors (Lipinski definition) is 9. The second-order valence-electron chi connectivity index (χ2n) is 7.06. The van der Waals surface area contributed by atoms with Gasteiger partial charge in [-0.1, -0.05) is 29.4 Å². The highest BCUT2D eigenvalue weighted by Gasteiger charge is 2.33. The molecule has 0 spiro atoms. The van der Waals surface area contributed by atoms with Crippen LogP contribution in [0.4, 0.5) is 18.9 Å². The van der Waals surface area contributed by atoms with Crippen molar-refractivity contribution in [2.24, 2.45) is 10.7 Å². The van der Waals surface area contributed by atoms with Gasteiger partial charge in [-0.25, -0.2) is 18.2 Å². The lowest BCUT2D eigenvalue weighted by molar-refractivity contribution is -0.138. The second kappa shape index (κ2) is 10.1. The summed E-state index contributed by atoms with van der Waals surface area (Å²) in [7, 11) is -3.53. The van der Waals surface area contributed by atoms with Crippen LogP contribution in [0.2, 0.25) is 0 Å². The van der Waals surface area contributed by atoms with Crippen LogP contribution in [-0.2, 0) is 25.5 Å². The molecule has 0 aliphatic heterocycles. The van der Waals surface area contributed by atoms with Gasteiger partial charge in [-0.05, 0) is 37.3 Å². The Bertz CT molecular complexity index is 1410. The Morgan fingerprint density at radius 2 is 1.91 bits per heavy atom. The topological polar surface area (TPSA) is 138 Å². The normalized spacial score (nSPS) is 13.1. The number of hydrogen-bond donors (Lipinski definition) is 1. The molecule has 3 aromatic rings. The highest BCUT2D eigenvalue weighted by Crippen LogP contribution is 2.36. The number of nitrogens with two attached hydrogens (primary N) is 1. The van der Waals surface area contributed by atoms with Crippen molar-refractivity contribution in [3.8, 4) is 11.4 Å². The van der Waals surface area contributed by atoms with Crippen LogP contribution >= 0.6 is 0 Å². The molecular formula is C22H19F3N4O5S. The van der Waals surface area contributed by atoms with E-state index in [0.29, 0.717) is 0 Å². The molecule has 0 amide bonds. The predicted octanol–water partition coefficient (Wildman–Crippen LogP) is 3.69. The molecule has 2 N–H and O–H groups in total. The number of carbonyl (C=O) groups excluding carboxylic acids is 1. The minimum atomic E-state index is -4.71. The van der Waals surface area contributed by atoms with Gasteiger partial charge in [-0.15, -0.1) is 0 Å². The highest BCUT2D eigenvalue weighted by molar-refractivity contribution is 7.90. The van der Waals surface area contributed by atoms with Gasteiger partial charge in [0.2, 0.25) is 5.82 Å². The molecular weight excluding hydrogens is 489 g/mol. The molecule has 0 atom stereocenters. The van der Waals surface area contributed by atoms with Crippen molar-refractivity contribution in [1.29, 1.82) is 0 Å². The quantitative estimate of drug-likeness (QED) is 0.290. The maximum absolute atomic E-state index is 13.5. The first kappa shape index (κ1) is 25.6. The fourth-order valence-electron chi connectivity index (χ4n) is 2.81. The highest BCUT2D eigenvalue weighted by atomic mass is 32.2. The molecule has 35 heavy (non-hydrogen) atoms. The molecule has 1 aromatic heterocycles. The first-order valence-corrected chi connectivity index (χ1v) is 11.8. The van der Waals surface area contributed by atoms with E-state index in [-0.39, 0.29) is 34.5 Å². The van der Waals surface area contributed by atoms with E-state index in [9.17, 15) is 26.4 Å². The standard InChI is InChI=1S/C22H19F3N4O5S/c1-3-33-21(30)16(26)12-18(27-17-10-5-4-9-15(17)22(23,24)25)20-28-19(29-34-20)13-7-6-8-14(11-13)35(2,31)32/h4-12H,3,26H2,1-2H3. The van der Waals surface area contributed by atoms with Gasteiger partial charge in [-0.2, -0.15) is 18.2 Å². The van der Waals surface area contributed by atoms with E-state index in [1.54, 1.807) is 6.92 Å². The number of ether oxygens (including phenoxy) is 1. The summed E-state index contributed by atoms with van der Waals surface area (Å²) in [5, 5.41) is 3.76. The van der Waals surface area contributed by atoms with Gasteiger partial charge in [0.05, 0.1) is 22.8 Å². The van der Waals surface area contributed by atoms with Crippen LogP contribution in [0, 0.1) is 0 Å². The summed E-state index contributed by atoms with van der Waals surface area (Å²) in [6.07, 6.45) is -2.73. The Morgan fingerprint density at radius 1 is 1.20 bits per heavy atom. The maximum atomic E-state index is 13.5. The summed E-state index contributed by atoms with van der Waals surface area (Å²) >= 11 is 0. The van der Waals surface area contributed by atoms with E-state index in [1.165, 1.54) is 36.4 Å². The monoisotopic (exact) mass is 508 g/mol. The van der Waals surface area contributed by atoms with E-state index in [4.69, 9.17) is 15.0 Å². The first-order chi connectivity index (χ1) is 16.4. The van der Waals surface area contributed by atoms with Crippen LogP contribution in [0.5, 0.6) is 0 Å². The van der Waals surface area contributed by atoms with E-state index in [0.717, 1.165) is 24.5 Å². The third-order valence-corrected chi connectivity index (χ3v) is 5.53. The molecule has 0 aliphatic rings. The molecule has 0 unspecified atom stereocenters. The fourth-order valence-corrected chi connectivity index (χ4v) is 3.48. The van der Waals surface area contributed by atoms with Gasteiger partial charge in [0.15, 0.2) is 9.84 Å². The molecule has 13 heteroatoms. The van der Waals surface area contributed by atoms with Crippen LogP contribution in [0.1, 0.15) is 18.4 Å². The van der Waals surface area contributed by atoms with E-state index in [1.807, 2.05) is 0 Å². The number of allylic oxidation sites excluding steroid dienone is 1. The minimum Gasteiger partial charge on any atom is -0.461 e. The summed E-state index contributed by atoms with van der Waals surface area (Å²) < 4.78 is 74.1. The van der Waals surface area contributed by atoms with E-state index in [2.05, 4.69) is 15.1 Å². The maximum Gasteiger partial charge on any atom is 0.418 e. The third-order valence-electron chi connectivity index (χ3n) is 4.42. The summed E-state index contributed by atoms with van der Waals surface area (Å²) in [6.45, 7) is 1.56. The van der Waals surface area contributed by atoms with Crippen LogP contribution in [0.15, 0.2) is 74.7 Å². The van der Waals surface area contributed by atoms with Crippen molar-refractivity contribution in [3.63, 3.8) is 0 Å². The molecule has 9 nitrogen and oxygen atoms in total. The molecule has 0 saturated carbocycles. The number of para-hydroxylation sites is 1. The second-order valence-corrected chi connectivity index (χ2v) is 9.07. The number of nitrogens with zero attached hydrogens (tertiary/aromatic N) is 3. The number of alkyl halides is 3. The Morgan fingerprint density at radius 3 is 2.57 bits per heavy atom. The predicted molar refractivity (Wildman–Crippen MR) is 119 cm³/mol.